The van der Waals surface area contributed by atoms with Gasteiger partial charge in [0.2, 0.25) is 0 Å². The van der Waals surface area contributed by atoms with E-state index in [1.807, 2.05) is 12.1 Å². The average molecular weight is 335 g/mol. The van der Waals surface area contributed by atoms with Crippen molar-refractivity contribution in [3.63, 3.8) is 0 Å². The summed E-state index contributed by atoms with van der Waals surface area (Å²) in [4.78, 5) is 2.36. The summed E-state index contributed by atoms with van der Waals surface area (Å²) in [6.45, 7) is 15.5. The van der Waals surface area contributed by atoms with Crippen LogP contribution in [-0.4, -0.2) is 48.8 Å². The summed E-state index contributed by atoms with van der Waals surface area (Å²) >= 11 is 0. The molecule has 0 bridgehead atoms. The summed E-state index contributed by atoms with van der Waals surface area (Å²) in [5.74, 6) is 1.82. The van der Waals surface area contributed by atoms with Gasteiger partial charge in [-0.3, -0.25) is 4.90 Å². The highest BCUT2D eigenvalue weighted by molar-refractivity contribution is 5.40. The van der Waals surface area contributed by atoms with Crippen LogP contribution in [0.1, 0.15) is 57.8 Å². The van der Waals surface area contributed by atoms with Gasteiger partial charge in [0.25, 0.3) is 0 Å². The fraction of sp³-hybridized carbons (Fsp3) is 0.700. The first kappa shape index (κ1) is 19.2. The molecule has 1 aromatic carbocycles. The van der Waals surface area contributed by atoms with Gasteiger partial charge in [-0.25, -0.2) is 0 Å². The molecular formula is C20H34N2O2. The molecule has 0 aliphatic carbocycles. The predicted molar refractivity (Wildman–Crippen MR) is 99.7 cm³/mol. The Hall–Kier alpha value is -1.10. The van der Waals surface area contributed by atoms with E-state index in [1.165, 1.54) is 5.56 Å². The number of nitrogens with zero attached hydrogens (tertiary/aromatic N) is 1. The molecule has 2 N–H and O–H groups in total. The lowest BCUT2D eigenvalue weighted by Crippen LogP contribution is -2.49. The Morgan fingerprint density at radius 3 is 2.38 bits per heavy atom. The molecule has 0 saturated carbocycles. The maximum absolute atomic E-state index is 10.9. The molecule has 0 radical (unpaired) electrons. The maximum Gasteiger partial charge on any atom is 0.122 e. The highest BCUT2D eigenvalue weighted by atomic mass is 16.5. The average Bonchev–Trinajstić information content (AvgIpc) is 2.59. The number of aliphatic hydroxyl groups excluding tert-OH is 1. The molecule has 1 heterocycles. The van der Waals surface area contributed by atoms with Gasteiger partial charge in [-0.1, -0.05) is 33.8 Å². The second-order valence-corrected chi connectivity index (χ2v) is 7.63. The van der Waals surface area contributed by atoms with Crippen LogP contribution in [0.4, 0.5) is 0 Å². The summed E-state index contributed by atoms with van der Waals surface area (Å²) in [5.41, 5.74) is 2.17. The van der Waals surface area contributed by atoms with Crippen LogP contribution in [0, 0.1) is 5.92 Å². The Balaban J connectivity index is 2.15. The van der Waals surface area contributed by atoms with E-state index in [4.69, 9.17) is 4.74 Å². The fourth-order valence-electron chi connectivity index (χ4n) is 3.16. The van der Waals surface area contributed by atoms with Crippen molar-refractivity contribution < 1.29 is 9.84 Å². The normalized spacial score (nSPS) is 18.8. The van der Waals surface area contributed by atoms with Gasteiger partial charge in [0.05, 0.1) is 12.7 Å². The number of piperazine rings is 1. The molecule has 1 aromatic rings. The predicted octanol–water partition coefficient (Wildman–Crippen LogP) is 3.17. The van der Waals surface area contributed by atoms with Crippen LogP contribution in [0.5, 0.6) is 5.75 Å². The molecule has 1 aliphatic rings. The van der Waals surface area contributed by atoms with Crippen LogP contribution >= 0.6 is 0 Å². The molecule has 1 fully saturated rings. The van der Waals surface area contributed by atoms with E-state index in [9.17, 15) is 5.11 Å². The van der Waals surface area contributed by atoms with Crippen molar-refractivity contribution in [3.8, 4) is 5.75 Å². The molecule has 0 spiro atoms. The van der Waals surface area contributed by atoms with Gasteiger partial charge < -0.3 is 15.2 Å². The Bertz CT molecular complexity index is 510. The molecular weight excluding hydrogens is 300 g/mol. The van der Waals surface area contributed by atoms with Gasteiger partial charge in [0, 0.05) is 32.2 Å². The number of benzene rings is 1. The molecule has 4 heteroatoms. The lowest BCUT2D eigenvalue weighted by atomic mass is 9.94. The second kappa shape index (κ2) is 8.84. The molecule has 0 amide bonds. The number of aliphatic hydroxyl groups is 1. The summed E-state index contributed by atoms with van der Waals surface area (Å²) in [6, 6.07) is 6.30. The largest absolute Gasteiger partial charge is 0.493 e. The summed E-state index contributed by atoms with van der Waals surface area (Å²) in [7, 11) is 0. The quantitative estimate of drug-likeness (QED) is 0.804. The minimum absolute atomic E-state index is 0.120. The van der Waals surface area contributed by atoms with Crippen molar-refractivity contribution in [2.45, 2.75) is 52.7 Å². The van der Waals surface area contributed by atoms with Crippen molar-refractivity contribution in [1.29, 1.82) is 0 Å². The lowest BCUT2D eigenvalue weighted by Gasteiger charge is -2.35. The van der Waals surface area contributed by atoms with Crippen molar-refractivity contribution in [1.82, 2.24) is 10.2 Å². The zero-order chi connectivity index (χ0) is 17.7. The standard InChI is InChI=1S/C20H34N2O2/c1-14(2)13-24-19-7-6-17(12-18(19)15(3)4)20(23)16(5)22-10-8-21-9-11-22/h6-7,12,14-16,20-21,23H,8-11,13H2,1-5H3. The number of hydrogen-bond donors (Lipinski definition) is 2. The van der Waals surface area contributed by atoms with Gasteiger partial charge >= 0.3 is 0 Å². The van der Waals surface area contributed by atoms with Crippen LogP contribution in [0.25, 0.3) is 0 Å². The summed E-state index contributed by atoms with van der Waals surface area (Å²) < 4.78 is 5.97. The zero-order valence-corrected chi connectivity index (χ0v) is 15.9. The molecule has 1 aliphatic heterocycles. The molecule has 2 unspecified atom stereocenters. The van der Waals surface area contributed by atoms with Crippen molar-refractivity contribution in [2.24, 2.45) is 5.92 Å². The van der Waals surface area contributed by atoms with E-state index >= 15 is 0 Å². The summed E-state index contributed by atoms with van der Waals surface area (Å²) in [5, 5.41) is 14.2. The first-order valence-electron chi connectivity index (χ1n) is 9.29. The summed E-state index contributed by atoms with van der Waals surface area (Å²) in [6.07, 6.45) is -0.472. The minimum atomic E-state index is -0.472. The number of nitrogens with one attached hydrogen (secondary N) is 1. The number of rotatable bonds is 7. The first-order chi connectivity index (χ1) is 11.4. The lowest BCUT2D eigenvalue weighted by molar-refractivity contribution is 0.0509. The van der Waals surface area contributed by atoms with Crippen LogP contribution < -0.4 is 10.1 Å². The van der Waals surface area contributed by atoms with E-state index in [1.54, 1.807) is 0 Å². The molecule has 4 nitrogen and oxygen atoms in total. The Morgan fingerprint density at radius 1 is 1.12 bits per heavy atom. The minimum Gasteiger partial charge on any atom is -0.493 e. The van der Waals surface area contributed by atoms with Crippen molar-refractivity contribution >= 4 is 0 Å². The third-order valence-corrected chi connectivity index (χ3v) is 4.75. The Morgan fingerprint density at radius 2 is 1.79 bits per heavy atom. The van der Waals surface area contributed by atoms with E-state index in [2.05, 4.69) is 50.9 Å². The van der Waals surface area contributed by atoms with Gasteiger partial charge in [0.1, 0.15) is 5.75 Å². The fourth-order valence-corrected chi connectivity index (χ4v) is 3.16. The van der Waals surface area contributed by atoms with Crippen LogP contribution in [0.2, 0.25) is 0 Å². The number of hydrogen-bond acceptors (Lipinski definition) is 4. The van der Waals surface area contributed by atoms with Crippen molar-refractivity contribution in [2.75, 3.05) is 32.8 Å². The van der Waals surface area contributed by atoms with E-state index in [-0.39, 0.29) is 6.04 Å². The van der Waals surface area contributed by atoms with E-state index in [0.29, 0.717) is 11.8 Å². The zero-order valence-electron chi connectivity index (χ0n) is 15.9. The third kappa shape index (κ3) is 4.95. The van der Waals surface area contributed by atoms with Gasteiger partial charge in [-0.05, 0) is 42.0 Å². The van der Waals surface area contributed by atoms with Gasteiger partial charge in [-0.15, -0.1) is 0 Å². The van der Waals surface area contributed by atoms with Gasteiger partial charge in [0.15, 0.2) is 0 Å². The van der Waals surface area contributed by atoms with Gasteiger partial charge in [-0.2, -0.15) is 0 Å². The second-order valence-electron chi connectivity index (χ2n) is 7.63. The molecule has 24 heavy (non-hydrogen) atoms. The molecule has 2 atom stereocenters. The highest BCUT2D eigenvalue weighted by Crippen LogP contribution is 2.31. The van der Waals surface area contributed by atoms with E-state index < -0.39 is 6.10 Å². The molecule has 136 valence electrons. The van der Waals surface area contributed by atoms with E-state index in [0.717, 1.165) is 44.1 Å². The first-order valence-corrected chi connectivity index (χ1v) is 9.29. The van der Waals surface area contributed by atoms with Crippen molar-refractivity contribution in [3.05, 3.63) is 29.3 Å². The Labute approximate surface area is 147 Å². The van der Waals surface area contributed by atoms with Crippen LogP contribution in [0.15, 0.2) is 18.2 Å². The number of ether oxygens (including phenoxy) is 1. The topological polar surface area (TPSA) is 44.7 Å². The van der Waals surface area contributed by atoms with Crippen LogP contribution in [0.3, 0.4) is 0 Å². The third-order valence-electron chi connectivity index (χ3n) is 4.75. The molecule has 1 saturated heterocycles. The smallest absolute Gasteiger partial charge is 0.122 e. The molecule has 2 rings (SSSR count). The molecule has 0 aromatic heterocycles. The maximum atomic E-state index is 10.9. The van der Waals surface area contributed by atoms with Crippen LogP contribution in [-0.2, 0) is 0 Å². The highest BCUT2D eigenvalue weighted by Gasteiger charge is 2.25. The Kier molecular flexibility index (Phi) is 7.08. The SMILES string of the molecule is CC(C)COc1ccc(C(O)C(C)N2CCNCC2)cc1C(C)C. The monoisotopic (exact) mass is 334 g/mol.